The molecule has 1 fully saturated rings. The molecule has 3 rings (SSSR count). The lowest BCUT2D eigenvalue weighted by Gasteiger charge is -2.33. The van der Waals surface area contributed by atoms with Crippen LogP contribution in [0.3, 0.4) is 0 Å². The number of aliphatic hydroxyl groups excluding tert-OH is 1. The van der Waals surface area contributed by atoms with Crippen LogP contribution in [0.25, 0.3) is 0 Å². The topological polar surface area (TPSA) is 62.7 Å². The molecule has 1 aliphatic rings. The quantitative estimate of drug-likeness (QED) is 0.345. The number of carbonyl (C=O) groups is 1. The molecule has 1 aliphatic heterocycles. The van der Waals surface area contributed by atoms with Crippen molar-refractivity contribution >= 4 is 11.6 Å². The number of piperidine rings is 1. The summed E-state index contributed by atoms with van der Waals surface area (Å²) in [6.45, 7) is 11.1. The first kappa shape index (κ1) is 25.2. The van der Waals surface area contributed by atoms with E-state index in [2.05, 4.69) is 35.9 Å². The van der Waals surface area contributed by atoms with E-state index in [1.54, 1.807) is 0 Å². The summed E-state index contributed by atoms with van der Waals surface area (Å²) < 4.78 is 5.96. The largest absolute Gasteiger partial charge is 0.494 e. The molecule has 1 aromatic heterocycles. The molecule has 2 heterocycles. The van der Waals surface area contributed by atoms with Gasteiger partial charge in [0.15, 0.2) is 5.78 Å². The van der Waals surface area contributed by atoms with Crippen LogP contribution in [-0.2, 0) is 0 Å². The van der Waals surface area contributed by atoms with Crippen molar-refractivity contribution in [2.24, 2.45) is 11.8 Å². The summed E-state index contributed by atoms with van der Waals surface area (Å²) in [5.41, 5.74) is 2.95. The molecule has 5 heteroatoms. The Morgan fingerprint density at radius 2 is 1.94 bits per heavy atom. The second-order valence-corrected chi connectivity index (χ2v) is 9.92. The van der Waals surface area contributed by atoms with Crippen molar-refractivity contribution < 1.29 is 14.6 Å². The molecule has 1 atom stereocenters. The molecule has 0 unspecified atom stereocenters. The maximum absolute atomic E-state index is 12.4. The van der Waals surface area contributed by atoms with Gasteiger partial charge in [-0.15, -0.1) is 0 Å². The van der Waals surface area contributed by atoms with Crippen LogP contribution in [0.2, 0.25) is 0 Å². The summed E-state index contributed by atoms with van der Waals surface area (Å²) in [6.07, 6.45) is 7.02. The summed E-state index contributed by atoms with van der Waals surface area (Å²) in [7, 11) is 0. The van der Waals surface area contributed by atoms with Crippen LogP contribution >= 0.6 is 0 Å². The normalized spacial score (nSPS) is 15.6. The van der Waals surface area contributed by atoms with Gasteiger partial charge in [-0.25, -0.2) is 4.98 Å². The molecule has 2 aromatic rings. The molecule has 1 aromatic carbocycles. The Morgan fingerprint density at radius 3 is 2.55 bits per heavy atom. The van der Waals surface area contributed by atoms with Crippen molar-refractivity contribution in [2.75, 3.05) is 31.2 Å². The molecule has 0 aliphatic carbocycles. The minimum absolute atomic E-state index is 0.0126. The predicted molar refractivity (Wildman–Crippen MR) is 134 cm³/mol. The molecular formula is C28H40N2O3. The van der Waals surface area contributed by atoms with Crippen molar-refractivity contribution in [1.29, 1.82) is 0 Å². The fourth-order valence-electron chi connectivity index (χ4n) is 4.47. The Hall–Kier alpha value is -2.40. The lowest BCUT2D eigenvalue weighted by molar-refractivity contribution is 0.0943. The molecule has 5 nitrogen and oxygen atoms in total. The van der Waals surface area contributed by atoms with E-state index in [4.69, 9.17) is 4.74 Å². The number of anilines is 1. The number of benzene rings is 1. The molecule has 0 saturated carbocycles. The van der Waals surface area contributed by atoms with Crippen molar-refractivity contribution in [2.45, 2.75) is 65.7 Å². The fraction of sp³-hybridized carbons (Fsp3) is 0.571. The Balaban J connectivity index is 1.37. The Labute approximate surface area is 199 Å². The van der Waals surface area contributed by atoms with Gasteiger partial charge in [0.05, 0.1) is 6.61 Å². The minimum atomic E-state index is -0.0126. The highest BCUT2D eigenvalue weighted by molar-refractivity contribution is 5.97. The van der Waals surface area contributed by atoms with E-state index in [-0.39, 0.29) is 18.3 Å². The van der Waals surface area contributed by atoms with Crippen molar-refractivity contribution in [1.82, 2.24) is 4.98 Å². The number of aromatic nitrogens is 1. The summed E-state index contributed by atoms with van der Waals surface area (Å²) in [4.78, 5) is 19.5. The van der Waals surface area contributed by atoms with Gasteiger partial charge < -0.3 is 14.7 Å². The highest BCUT2D eigenvalue weighted by Crippen LogP contribution is 2.26. The van der Waals surface area contributed by atoms with Crippen LogP contribution in [0, 0.1) is 18.8 Å². The maximum Gasteiger partial charge on any atom is 0.163 e. The van der Waals surface area contributed by atoms with Crippen molar-refractivity contribution in [3.05, 3.63) is 53.2 Å². The van der Waals surface area contributed by atoms with Gasteiger partial charge >= 0.3 is 0 Å². The lowest BCUT2D eigenvalue weighted by Crippen LogP contribution is -2.34. The number of nitrogens with zero attached hydrogens (tertiary/aromatic N) is 2. The van der Waals surface area contributed by atoms with E-state index in [9.17, 15) is 9.90 Å². The molecule has 180 valence electrons. The van der Waals surface area contributed by atoms with Crippen LogP contribution < -0.4 is 9.64 Å². The van der Waals surface area contributed by atoms with E-state index in [0.717, 1.165) is 48.1 Å². The van der Waals surface area contributed by atoms with Crippen LogP contribution in [0.5, 0.6) is 5.75 Å². The van der Waals surface area contributed by atoms with Gasteiger partial charge in [-0.2, -0.15) is 0 Å². The van der Waals surface area contributed by atoms with Gasteiger partial charge in [-0.1, -0.05) is 26.8 Å². The number of hydrogen-bond donors (Lipinski definition) is 1. The number of aryl methyl sites for hydroxylation is 1. The zero-order valence-corrected chi connectivity index (χ0v) is 20.7. The van der Waals surface area contributed by atoms with Crippen LogP contribution in [0.1, 0.15) is 80.3 Å². The highest BCUT2D eigenvalue weighted by Gasteiger charge is 2.20. The van der Waals surface area contributed by atoms with Crippen LogP contribution in [0.4, 0.5) is 5.82 Å². The highest BCUT2D eigenvalue weighted by atomic mass is 16.5. The number of carbonyl (C=O) groups excluding carboxylic acids is 1. The van der Waals surface area contributed by atoms with Crippen molar-refractivity contribution in [3.8, 4) is 5.75 Å². The maximum atomic E-state index is 12.4. The van der Waals surface area contributed by atoms with Crippen LogP contribution in [0.15, 0.2) is 36.5 Å². The third kappa shape index (κ3) is 7.29. The average Bonchev–Trinajstić information content (AvgIpc) is 2.82. The summed E-state index contributed by atoms with van der Waals surface area (Å²) in [5.74, 6) is 3.26. The third-order valence-electron chi connectivity index (χ3n) is 6.75. The fourth-order valence-corrected chi connectivity index (χ4v) is 4.47. The van der Waals surface area contributed by atoms with Gasteiger partial charge in [0.25, 0.3) is 0 Å². The standard InChI is InChI=1S/C28H40N2O3/c1-20(2)24-7-10-28(29-18-24)30-13-11-23(12-14-30)6-5-15-33-25-8-9-26(22(4)17-25)27(32)16-21(3)19-31/h7-10,17-18,20-21,23,31H,5-6,11-16,19H2,1-4H3/t21-/m0/s1. The summed E-state index contributed by atoms with van der Waals surface area (Å²) in [6, 6.07) is 10.1. The van der Waals surface area contributed by atoms with Crippen LogP contribution in [-0.4, -0.2) is 42.2 Å². The van der Waals surface area contributed by atoms with Gasteiger partial charge in [0, 0.05) is 37.9 Å². The summed E-state index contributed by atoms with van der Waals surface area (Å²) in [5, 5.41) is 9.17. The smallest absolute Gasteiger partial charge is 0.163 e. The zero-order chi connectivity index (χ0) is 23.8. The molecule has 1 saturated heterocycles. The molecule has 1 N–H and O–H groups in total. The molecule has 33 heavy (non-hydrogen) atoms. The number of rotatable bonds is 11. The molecule has 0 bridgehead atoms. The third-order valence-corrected chi connectivity index (χ3v) is 6.75. The monoisotopic (exact) mass is 452 g/mol. The lowest BCUT2D eigenvalue weighted by atomic mass is 9.92. The van der Waals surface area contributed by atoms with Crippen molar-refractivity contribution in [3.63, 3.8) is 0 Å². The Morgan fingerprint density at radius 1 is 1.18 bits per heavy atom. The number of ether oxygens (including phenoxy) is 1. The number of ketones is 1. The molecule has 0 radical (unpaired) electrons. The van der Waals surface area contributed by atoms with E-state index in [1.165, 1.54) is 24.8 Å². The number of hydrogen-bond acceptors (Lipinski definition) is 5. The van der Waals surface area contributed by atoms with Gasteiger partial charge in [0.2, 0.25) is 0 Å². The Kier molecular flexibility index (Phi) is 9.30. The first-order chi connectivity index (χ1) is 15.9. The SMILES string of the molecule is Cc1cc(OCCCC2CCN(c3ccc(C(C)C)cn3)CC2)ccc1C(=O)C[C@H](C)CO. The first-order valence-electron chi connectivity index (χ1n) is 12.5. The van der Waals surface area contributed by atoms with E-state index in [0.29, 0.717) is 18.9 Å². The number of Topliss-reactive ketones (excluding diaryl/α,β-unsaturated/α-hetero) is 1. The minimum Gasteiger partial charge on any atom is -0.494 e. The first-order valence-corrected chi connectivity index (χ1v) is 12.5. The second-order valence-electron chi connectivity index (χ2n) is 9.92. The van der Waals surface area contributed by atoms with E-state index in [1.807, 2.05) is 38.2 Å². The summed E-state index contributed by atoms with van der Waals surface area (Å²) >= 11 is 0. The Bertz CT molecular complexity index is 887. The predicted octanol–water partition coefficient (Wildman–Crippen LogP) is 5.79. The second kappa shape index (κ2) is 12.2. The van der Waals surface area contributed by atoms with E-state index >= 15 is 0 Å². The molecule has 0 amide bonds. The van der Waals surface area contributed by atoms with Gasteiger partial charge in [-0.3, -0.25) is 4.79 Å². The van der Waals surface area contributed by atoms with E-state index < -0.39 is 0 Å². The molecular weight excluding hydrogens is 412 g/mol. The number of aliphatic hydroxyl groups is 1. The van der Waals surface area contributed by atoms with Gasteiger partial charge in [0.1, 0.15) is 11.6 Å². The molecule has 0 spiro atoms. The number of pyridine rings is 1. The van der Waals surface area contributed by atoms with Gasteiger partial charge in [-0.05, 0) is 85.8 Å². The zero-order valence-electron chi connectivity index (χ0n) is 20.7. The average molecular weight is 453 g/mol.